The first-order chi connectivity index (χ1) is 27.7. The van der Waals surface area contributed by atoms with Gasteiger partial charge in [0.15, 0.2) is 0 Å². The van der Waals surface area contributed by atoms with Crippen LogP contribution in [-0.2, 0) is 6.42 Å². The fourth-order valence-electron chi connectivity index (χ4n) is 8.42. The lowest BCUT2D eigenvalue weighted by Gasteiger charge is -2.28. The Morgan fingerprint density at radius 1 is 0.411 bits per heavy atom. The van der Waals surface area contributed by atoms with Gasteiger partial charge in [-0.1, -0.05) is 140 Å². The van der Waals surface area contributed by atoms with Crippen LogP contribution in [-0.4, -0.2) is 0 Å². The largest absolute Gasteiger partial charge is 0.460 e. The molecule has 0 aliphatic heterocycles. The molecule has 0 bridgehead atoms. The summed E-state index contributed by atoms with van der Waals surface area (Å²) in [6.45, 7) is 0. The predicted octanol–water partition coefficient (Wildman–Crippen LogP) is 13.0. The second-order valence-electron chi connectivity index (χ2n) is 14.4. The van der Waals surface area contributed by atoms with E-state index < -0.39 is 0 Å². The first kappa shape index (κ1) is 32.1. The van der Waals surface area contributed by atoms with Gasteiger partial charge < -0.3 is 13.7 Å². The Kier molecular flexibility index (Phi) is 7.56. The van der Waals surface area contributed by atoms with E-state index in [9.17, 15) is 0 Å². The van der Waals surface area contributed by atoms with E-state index in [4.69, 9.17) is 8.83 Å². The molecule has 11 rings (SSSR count). The van der Waals surface area contributed by atoms with Gasteiger partial charge in [0.2, 0.25) is 0 Å². The van der Waals surface area contributed by atoms with Crippen molar-refractivity contribution in [1.29, 1.82) is 0 Å². The molecule has 2 aromatic heterocycles. The van der Waals surface area contributed by atoms with Gasteiger partial charge in [-0.05, 0) is 98.9 Å². The summed E-state index contributed by atoms with van der Waals surface area (Å²) in [4.78, 5) is 2.38. The Hall–Kier alpha value is -7.36. The van der Waals surface area contributed by atoms with Crippen LogP contribution in [0, 0.1) is 0 Å². The molecule has 0 unspecified atom stereocenters. The smallest absolute Gasteiger partial charge is 0.135 e. The Morgan fingerprint density at radius 3 is 1.93 bits per heavy atom. The van der Waals surface area contributed by atoms with Crippen molar-refractivity contribution in [2.75, 3.05) is 4.90 Å². The van der Waals surface area contributed by atoms with Gasteiger partial charge in [-0.2, -0.15) is 0 Å². The van der Waals surface area contributed by atoms with Gasteiger partial charge in [-0.3, -0.25) is 0 Å². The van der Waals surface area contributed by atoms with Crippen LogP contribution in [0.15, 0.2) is 197 Å². The summed E-state index contributed by atoms with van der Waals surface area (Å²) in [5, 5.41) is 5.75. The van der Waals surface area contributed by atoms with Crippen molar-refractivity contribution in [3.8, 4) is 33.4 Å². The minimum absolute atomic E-state index is 0.740. The minimum atomic E-state index is 0.740. The van der Waals surface area contributed by atoms with E-state index >= 15 is 0 Å². The lowest BCUT2D eigenvalue weighted by molar-refractivity contribution is 0.568. The molecule has 10 aromatic rings. The van der Waals surface area contributed by atoms with Crippen molar-refractivity contribution >= 4 is 62.1 Å². The van der Waals surface area contributed by atoms with Gasteiger partial charge in [0.25, 0.3) is 0 Å². The average molecular weight is 718 g/mol. The number of benzene rings is 8. The van der Waals surface area contributed by atoms with Crippen LogP contribution in [0.1, 0.15) is 11.3 Å². The maximum absolute atomic E-state index is 6.62. The molecular formula is C53H35NO2. The number of para-hydroxylation sites is 2. The Labute approximate surface area is 324 Å². The van der Waals surface area contributed by atoms with Gasteiger partial charge in [0.1, 0.15) is 22.5 Å². The van der Waals surface area contributed by atoms with E-state index in [-0.39, 0.29) is 0 Å². The third-order valence-electron chi connectivity index (χ3n) is 11.1. The van der Waals surface area contributed by atoms with Gasteiger partial charge in [0, 0.05) is 45.1 Å². The molecule has 0 amide bonds. The van der Waals surface area contributed by atoms with E-state index in [0.717, 1.165) is 84.4 Å². The molecule has 8 aromatic carbocycles. The number of fused-ring (bicyclic) bond motifs is 7. The normalized spacial score (nSPS) is 12.1. The average Bonchev–Trinajstić information content (AvgIpc) is 3.75. The van der Waals surface area contributed by atoms with Gasteiger partial charge >= 0.3 is 0 Å². The minimum Gasteiger partial charge on any atom is -0.460 e. The molecule has 3 heteroatoms. The molecule has 56 heavy (non-hydrogen) atoms. The topological polar surface area (TPSA) is 29.5 Å². The van der Waals surface area contributed by atoms with Crippen molar-refractivity contribution in [2.24, 2.45) is 0 Å². The number of hydrogen-bond donors (Lipinski definition) is 0. The van der Waals surface area contributed by atoms with Crippen LogP contribution >= 0.6 is 0 Å². The van der Waals surface area contributed by atoms with Gasteiger partial charge in [-0.15, -0.1) is 0 Å². The van der Waals surface area contributed by atoms with Crippen LogP contribution in [0.25, 0.3) is 78.4 Å². The second-order valence-corrected chi connectivity index (χ2v) is 14.4. The zero-order chi connectivity index (χ0) is 37.0. The summed E-state index contributed by atoms with van der Waals surface area (Å²) in [5.74, 6) is 0.988. The maximum atomic E-state index is 6.62. The summed E-state index contributed by atoms with van der Waals surface area (Å²) in [6, 6.07) is 66.9. The number of rotatable bonds is 6. The maximum Gasteiger partial charge on any atom is 0.135 e. The summed E-state index contributed by atoms with van der Waals surface area (Å²) < 4.78 is 12.9. The Balaban J connectivity index is 1.10. The van der Waals surface area contributed by atoms with Crippen LogP contribution in [0.3, 0.4) is 0 Å². The Bertz CT molecular complexity index is 3220. The first-order valence-electron chi connectivity index (χ1n) is 19.1. The monoisotopic (exact) mass is 717 g/mol. The first-order valence-corrected chi connectivity index (χ1v) is 19.1. The molecule has 0 atom stereocenters. The molecule has 0 fully saturated rings. The third kappa shape index (κ3) is 5.44. The van der Waals surface area contributed by atoms with Crippen LogP contribution in [0.4, 0.5) is 17.1 Å². The number of hydrogen-bond acceptors (Lipinski definition) is 3. The molecule has 0 radical (unpaired) electrons. The van der Waals surface area contributed by atoms with E-state index in [1.165, 1.54) is 27.1 Å². The summed E-state index contributed by atoms with van der Waals surface area (Å²) in [5.41, 5.74) is 14.0. The van der Waals surface area contributed by atoms with Crippen molar-refractivity contribution in [3.63, 3.8) is 0 Å². The van der Waals surface area contributed by atoms with Gasteiger partial charge in [-0.25, -0.2) is 0 Å². The highest BCUT2D eigenvalue weighted by Crippen LogP contribution is 2.46. The molecular weight excluding hydrogens is 683 g/mol. The highest BCUT2D eigenvalue weighted by molar-refractivity contribution is 6.08. The molecule has 0 N–H and O–H groups in total. The van der Waals surface area contributed by atoms with E-state index in [1.807, 2.05) is 12.1 Å². The molecule has 1 aliphatic rings. The zero-order valence-corrected chi connectivity index (χ0v) is 30.5. The highest BCUT2D eigenvalue weighted by atomic mass is 16.3. The fourth-order valence-corrected chi connectivity index (χ4v) is 8.42. The van der Waals surface area contributed by atoms with E-state index in [0.29, 0.717) is 0 Å². The fraction of sp³-hybridized carbons (Fsp3) is 0.0189. The summed E-state index contributed by atoms with van der Waals surface area (Å²) in [7, 11) is 0. The van der Waals surface area contributed by atoms with E-state index in [2.05, 4.69) is 193 Å². The molecule has 0 saturated heterocycles. The zero-order valence-electron chi connectivity index (χ0n) is 30.5. The summed E-state index contributed by atoms with van der Waals surface area (Å²) in [6.07, 6.45) is 5.31. The molecule has 3 nitrogen and oxygen atoms in total. The van der Waals surface area contributed by atoms with Crippen molar-refractivity contribution < 1.29 is 8.83 Å². The van der Waals surface area contributed by atoms with Crippen molar-refractivity contribution in [1.82, 2.24) is 0 Å². The van der Waals surface area contributed by atoms with Crippen LogP contribution in [0.5, 0.6) is 0 Å². The lowest BCUT2D eigenvalue weighted by Crippen LogP contribution is -2.22. The Morgan fingerprint density at radius 2 is 1.05 bits per heavy atom. The summed E-state index contributed by atoms with van der Waals surface area (Å²) >= 11 is 0. The number of nitrogens with zero attached hydrogens (tertiary/aromatic N) is 1. The SMILES string of the molecule is C1=c2ccccc2=Cc2c(oc3cccc(-c4ccccc4N(c4ccc(-c5cccc(-c6ccccc6)c5)cc4)c4ccc5oc6ccccc6c5c4)c23)C1. The lowest BCUT2D eigenvalue weighted by atomic mass is 9.95. The molecule has 264 valence electrons. The number of furan rings is 2. The quantitative estimate of drug-likeness (QED) is 0.171. The molecule has 0 spiro atoms. The highest BCUT2D eigenvalue weighted by Gasteiger charge is 2.23. The third-order valence-corrected chi connectivity index (χ3v) is 11.1. The van der Waals surface area contributed by atoms with Crippen LogP contribution < -0.4 is 15.3 Å². The predicted molar refractivity (Wildman–Crippen MR) is 232 cm³/mol. The van der Waals surface area contributed by atoms with Crippen molar-refractivity contribution in [3.05, 3.63) is 210 Å². The molecule has 1 aliphatic carbocycles. The number of anilines is 3. The molecule has 0 saturated carbocycles. The van der Waals surface area contributed by atoms with Crippen molar-refractivity contribution in [2.45, 2.75) is 6.42 Å². The standard InChI is InChI=1S/C53H35NO2/c1-2-12-35(13-3-1)38-16-10-17-39(32-38)37-24-27-41(28-25-37)54(42-29-31-50-46(34-42)44-19-7-9-22-49(44)55-50)48-21-8-6-18-43(48)45-20-11-23-52-53(45)47-33-40-15-5-4-14-36(40)26-30-51(47)56-52/h1-29,31-34H,30H2. The second kappa shape index (κ2) is 13.2. The van der Waals surface area contributed by atoms with Gasteiger partial charge in [0.05, 0.1) is 5.69 Å². The molecule has 2 heterocycles. The van der Waals surface area contributed by atoms with Crippen LogP contribution in [0.2, 0.25) is 0 Å². The van der Waals surface area contributed by atoms with E-state index in [1.54, 1.807) is 0 Å².